The Bertz CT molecular complexity index is 1360. The monoisotopic (exact) mass is 541 g/mol. The predicted octanol–water partition coefficient (Wildman–Crippen LogP) is 5.61. The number of carbonyl (C=O) groups is 2. The highest BCUT2D eigenvalue weighted by Gasteiger charge is 2.35. The zero-order valence-corrected chi connectivity index (χ0v) is 22.5. The van der Waals surface area contributed by atoms with Gasteiger partial charge in [0.25, 0.3) is 0 Å². The summed E-state index contributed by atoms with van der Waals surface area (Å²) in [6, 6.07) is 23.2. The number of hydrogen-bond donors (Lipinski definition) is 2. The van der Waals surface area contributed by atoms with Crippen molar-refractivity contribution in [3.05, 3.63) is 90.3 Å². The Morgan fingerprint density at radius 3 is 2.42 bits per heavy atom. The molecule has 0 spiro atoms. The first-order valence-corrected chi connectivity index (χ1v) is 14.0. The number of benzene rings is 3. The smallest absolute Gasteiger partial charge is 0.327 e. The number of nitrogens with one attached hydrogen (secondary N) is 1. The van der Waals surface area contributed by atoms with Crippen molar-refractivity contribution in [2.24, 2.45) is 5.92 Å². The second kappa shape index (κ2) is 13.3. The molecule has 0 saturated heterocycles. The van der Waals surface area contributed by atoms with E-state index in [1.54, 1.807) is 0 Å². The lowest BCUT2D eigenvalue weighted by Crippen LogP contribution is -2.49. The third-order valence-electron chi connectivity index (χ3n) is 7.34. The van der Waals surface area contributed by atoms with Crippen LogP contribution in [0.3, 0.4) is 0 Å². The van der Waals surface area contributed by atoms with Gasteiger partial charge < -0.3 is 19.6 Å². The fourth-order valence-corrected chi connectivity index (χ4v) is 5.26. The van der Waals surface area contributed by atoms with Crippen molar-refractivity contribution in [3.63, 3.8) is 0 Å². The minimum Gasteiger partial charge on any atom is -0.492 e. The molecule has 1 aromatic heterocycles. The number of carboxylic acid groups (broad SMARTS) is 1. The molecule has 2 N–H and O–H groups in total. The Morgan fingerprint density at radius 1 is 0.975 bits per heavy atom. The van der Waals surface area contributed by atoms with Gasteiger partial charge in [-0.15, -0.1) is 0 Å². The maximum absolute atomic E-state index is 13.6. The number of oxazole rings is 1. The van der Waals surface area contributed by atoms with E-state index in [0.29, 0.717) is 37.0 Å². The van der Waals surface area contributed by atoms with Gasteiger partial charge in [0.2, 0.25) is 11.8 Å². The maximum Gasteiger partial charge on any atom is 0.327 e. The molecule has 1 atom stereocenters. The summed E-state index contributed by atoms with van der Waals surface area (Å²) in [6.07, 6.45) is 4.96. The number of ether oxygens (including phenoxy) is 1. The molecule has 0 radical (unpaired) electrons. The van der Waals surface area contributed by atoms with Crippen molar-refractivity contribution in [2.75, 3.05) is 18.1 Å². The van der Waals surface area contributed by atoms with E-state index in [1.165, 1.54) is 4.90 Å². The fraction of sp³-hybridized carbons (Fsp3) is 0.344. The minimum absolute atomic E-state index is 0.0939. The second-order valence-electron chi connectivity index (χ2n) is 10.2. The molecule has 40 heavy (non-hydrogen) atoms. The molecule has 1 aliphatic rings. The minimum atomic E-state index is -1.02. The van der Waals surface area contributed by atoms with Crippen molar-refractivity contribution < 1.29 is 23.8 Å². The number of nitrogens with zero attached hydrogens (tertiary/aromatic N) is 2. The van der Waals surface area contributed by atoms with Crippen LogP contribution in [0.1, 0.15) is 43.6 Å². The van der Waals surface area contributed by atoms with Crippen molar-refractivity contribution in [3.8, 4) is 5.75 Å². The molecule has 1 fully saturated rings. The van der Waals surface area contributed by atoms with E-state index in [0.717, 1.165) is 48.8 Å². The SMILES string of the molecule is O=C(O)C(Cc1ccc(OCCNCc2nc3ccccc3o2)cc1)N(C(=O)C1CCCCC1)c1ccccc1. The van der Waals surface area contributed by atoms with E-state index < -0.39 is 12.0 Å². The Kier molecular flexibility index (Phi) is 9.08. The lowest BCUT2D eigenvalue weighted by Gasteiger charge is -2.33. The van der Waals surface area contributed by atoms with Crippen LogP contribution in [0.25, 0.3) is 11.1 Å². The molecular weight excluding hydrogens is 506 g/mol. The van der Waals surface area contributed by atoms with Gasteiger partial charge in [-0.2, -0.15) is 0 Å². The van der Waals surface area contributed by atoms with Crippen LogP contribution < -0.4 is 15.0 Å². The highest BCUT2D eigenvalue weighted by atomic mass is 16.5. The summed E-state index contributed by atoms with van der Waals surface area (Å²) in [5.41, 5.74) is 3.05. The number of rotatable bonds is 12. The van der Waals surface area contributed by atoms with E-state index in [2.05, 4.69) is 10.3 Å². The molecule has 1 heterocycles. The Morgan fingerprint density at radius 2 is 1.70 bits per heavy atom. The van der Waals surface area contributed by atoms with Crippen molar-refractivity contribution >= 4 is 28.7 Å². The number of fused-ring (bicyclic) bond motifs is 1. The Hall–Kier alpha value is -4.17. The summed E-state index contributed by atoms with van der Waals surface area (Å²) in [4.78, 5) is 32.1. The van der Waals surface area contributed by atoms with Gasteiger partial charge in [-0.1, -0.05) is 61.7 Å². The average Bonchev–Trinajstić information content (AvgIpc) is 3.41. The number of para-hydroxylation sites is 3. The van der Waals surface area contributed by atoms with Crippen LogP contribution in [0.4, 0.5) is 5.69 Å². The molecule has 8 heteroatoms. The third kappa shape index (κ3) is 6.87. The highest BCUT2D eigenvalue weighted by Crippen LogP contribution is 2.30. The first kappa shape index (κ1) is 27.4. The summed E-state index contributed by atoms with van der Waals surface area (Å²) in [5.74, 6) is 0.0762. The van der Waals surface area contributed by atoms with Gasteiger partial charge in [-0.05, 0) is 54.8 Å². The van der Waals surface area contributed by atoms with Gasteiger partial charge in [0.15, 0.2) is 5.58 Å². The van der Waals surface area contributed by atoms with E-state index in [4.69, 9.17) is 9.15 Å². The van der Waals surface area contributed by atoms with Gasteiger partial charge >= 0.3 is 5.97 Å². The number of hydrogen-bond acceptors (Lipinski definition) is 6. The molecule has 208 valence electrons. The first-order valence-electron chi connectivity index (χ1n) is 14.0. The number of aliphatic carboxylic acids is 1. The van der Waals surface area contributed by atoms with Gasteiger partial charge in [-0.25, -0.2) is 9.78 Å². The first-order chi connectivity index (χ1) is 19.6. The summed E-state index contributed by atoms with van der Waals surface area (Å²) in [7, 11) is 0. The molecule has 1 aliphatic carbocycles. The van der Waals surface area contributed by atoms with E-state index in [-0.39, 0.29) is 18.2 Å². The lowest BCUT2D eigenvalue weighted by atomic mass is 9.87. The second-order valence-corrected chi connectivity index (χ2v) is 10.2. The van der Waals surface area contributed by atoms with E-state index in [1.807, 2.05) is 78.9 Å². The van der Waals surface area contributed by atoms with Crippen LogP contribution in [0, 0.1) is 5.92 Å². The van der Waals surface area contributed by atoms with Crippen LogP contribution in [0.2, 0.25) is 0 Å². The highest BCUT2D eigenvalue weighted by molar-refractivity contribution is 6.00. The van der Waals surface area contributed by atoms with Crippen LogP contribution in [0.15, 0.2) is 83.3 Å². The number of carbonyl (C=O) groups excluding carboxylic acids is 1. The van der Waals surface area contributed by atoms with E-state index in [9.17, 15) is 14.7 Å². The normalized spacial score (nSPS) is 14.6. The number of amides is 1. The standard InChI is InChI=1S/C32H35N3O5/c36-31(24-9-3-1-4-10-24)35(25-11-5-2-6-12-25)28(32(37)38)21-23-15-17-26(18-16-23)39-20-19-33-22-30-34-27-13-7-8-14-29(27)40-30/h2,5-8,11-18,24,28,33H,1,3-4,9-10,19-22H2,(H,37,38). The molecule has 0 aliphatic heterocycles. The molecule has 3 aromatic carbocycles. The summed E-state index contributed by atoms with van der Waals surface area (Å²) in [6.45, 7) is 1.57. The quantitative estimate of drug-likeness (QED) is 0.225. The van der Waals surface area contributed by atoms with Crippen LogP contribution in [-0.2, 0) is 22.6 Å². The van der Waals surface area contributed by atoms with E-state index >= 15 is 0 Å². The molecule has 5 rings (SSSR count). The fourth-order valence-electron chi connectivity index (χ4n) is 5.26. The molecule has 4 aromatic rings. The average molecular weight is 542 g/mol. The third-order valence-corrected chi connectivity index (χ3v) is 7.34. The topological polar surface area (TPSA) is 105 Å². The van der Waals surface area contributed by atoms with Crippen LogP contribution in [0.5, 0.6) is 5.75 Å². The molecule has 1 saturated carbocycles. The predicted molar refractivity (Wildman–Crippen MR) is 153 cm³/mol. The van der Waals surface area contributed by atoms with Crippen molar-refractivity contribution in [1.29, 1.82) is 0 Å². The summed E-state index contributed by atoms with van der Waals surface area (Å²) < 4.78 is 11.6. The molecule has 1 unspecified atom stereocenters. The van der Waals surface area contributed by atoms with Crippen LogP contribution in [-0.4, -0.2) is 41.2 Å². The molecule has 1 amide bonds. The lowest BCUT2D eigenvalue weighted by molar-refractivity contribution is -0.140. The van der Waals surface area contributed by atoms with Crippen LogP contribution >= 0.6 is 0 Å². The largest absolute Gasteiger partial charge is 0.492 e. The molecular formula is C32H35N3O5. The Labute approximate surface area is 234 Å². The molecule has 0 bridgehead atoms. The zero-order valence-electron chi connectivity index (χ0n) is 22.5. The Balaban J connectivity index is 1.17. The van der Waals surface area contributed by atoms with Gasteiger partial charge in [0.1, 0.15) is 23.9 Å². The summed E-state index contributed by atoms with van der Waals surface area (Å²) in [5, 5.41) is 13.5. The number of aromatic nitrogens is 1. The van der Waals surface area contributed by atoms with Gasteiger partial charge in [-0.3, -0.25) is 9.69 Å². The van der Waals surface area contributed by atoms with Gasteiger partial charge in [0.05, 0.1) is 6.54 Å². The van der Waals surface area contributed by atoms with Crippen molar-refractivity contribution in [1.82, 2.24) is 10.3 Å². The molecule has 8 nitrogen and oxygen atoms in total. The number of anilines is 1. The van der Waals surface area contributed by atoms with Gasteiger partial charge in [0, 0.05) is 24.6 Å². The zero-order chi connectivity index (χ0) is 27.7. The summed E-state index contributed by atoms with van der Waals surface area (Å²) >= 11 is 0. The van der Waals surface area contributed by atoms with Crippen molar-refractivity contribution in [2.45, 2.75) is 51.1 Å². The maximum atomic E-state index is 13.6. The number of carboxylic acids is 1.